The zero-order valence-corrected chi connectivity index (χ0v) is 13.4. The van der Waals surface area contributed by atoms with Crippen LogP contribution in [0, 0.1) is 0 Å². The van der Waals surface area contributed by atoms with Crippen LogP contribution in [0.15, 0.2) is 48.5 Å². The summed E-state index contributed by atoms with van der Waals surface area (Å²) in [6.07, 6.45) is 0. The van der Waals surface area contributed by atoms with Crippen molar-refractivity contribution in [1.29, 1.82) is 0 Å². The molecule has 0 aliphatic carbocycles. The number of thiazole rings is 1. The lowest BCUT2D eigenvalue weighted by molar-refractivity contribution is -0.121. The molecule has 1 aromatic heterocycles. The van der Waals surface area contributed by atoms with Gasteiger partial charge in [0.2, 0.25) is 0 Å². The van der Waals surface area contributed by atoms with Crippen molar-refractivity contribution in [2.75, 3.05) is 19.0 Å². The van der Waals surface area contributed by atoms with Crippen LogP contribution in [0.1, 0.15) is 5.56 Å². The highest BCUT2D eigenvalue weighted by Crippen LogP contribution is 2.29. The number of carbonyl (C=O) groups is 1. The Kier molecular flexibility index (Phi) is 4.85. The SMILES string of the molecule is COc1ccc2nc(NC(=O)COCc3ccccc3)sc2c1. The number of methoxy groups -OCH3 is 1. The normalized spacial score (nSPS) is 10.7. The summed E-state index contributed by atoms with van der Waals surface area (Å²) in [5.41, 5.74) is 1.86. The van der Waals surface area contributed by atoms with Crippen LogP contribution in [0.25, 0.3) is 10.2 Å². The molecule has 0 aliphatic rings. The number of ether oxygens (including phenoxy) is 2. The number of nitrogens with zero attached hydrogens (tertiary/aromatic N) is 1. The van der Waals surface area contributed by atoms with Crippen LogP contribution in [0.4, 0.5) is 5.13 Å². The number of hydrogen-bond donors (Lipinski definition) is 1. The molecule has 23 heavy (non-hydrogen) atoms. The number of aromatic nitrogens is 1. The number of hydrogen-bond acceptors (Lipinski definition) is 5. The standard InChI is InChI=1S/C17H16N2O3S/c1-21-13-7-8-14-15(9-13)23-17(18-14)19-16(20)11-22-10-12-5-3-2-4-6-12/h2-9H,10-11H2,1H3,(H,18,19,20). The Labute approximate surface area is 137 Å². The zero-order chi connectivity index (χ0) is 16.1. The van der Waals surface area contributed by atoms with Gasteiger partial charge in [-0.15, -0.1) is 0 Å². The van der Waals surface area contributed by atoms with Crippen LogP contribution in [0.3, 0.4) is 0 Å². The topological polar surface area (TPSA) is 60.5 Å². The lowest BCUT2D eigenvalue weighted by atomic mass is 10.2. The fourth-order valence-electron chi connectivity index (χ4n) is 2.08. The van der Waals surface area contributed by atoms with Gasteiger partial charge in [-0.05, 0) is 23.8 Å². The van der Waals surface area contributed by atoms with E-state index < -0.39 is 0 Å². The number of amides is 1. The minimum Gasteiger partial charge on any atom is -0.497 e. The smallest absolute Gasteiger partial charge is 0.252 e. The molecule has 0 atom stereocenters. The summed E-state index contributed by atoms with van der Waals surface area (Å²) in [5.74, 6) is 0.553. The van der Waals surface area contributed by atoms with Gasteiger partial charge in [0.05, 0.1) is 23.9 Å². The van der Waals surface area contributed by atoms with Crippen LogP contribution in [0.5, 0.6) is 5.75 Å². The average molecular weight is 328 g/mol. The van der Waals surface area contributed by atoms with E-state index in [0.717, 1.165) is 21.5 Å². The summed E-state index contributed by atoms with van der Waals surface area (Å²) < 4.78 is 11.6. The molecule has 6 heteroatoms. The number of fused-ring (bicyclic) bond motifs is 1. The largest absolute Gasteiger partial charge is 0.497 e. The monoisotopic (exact) mass is 328 g/mol. The van der Waals surface area contributed by atoms with Gasteiger partial charge >= 0.3 is 0 Å². The minimum absolute atomic E-state index is 0.00581. The highest BCUT2D eigenvalue weighted by atomic mass is 32.1. The maximum Gasteiger partial charge on any atom is 0.252 e. The van der Waals surface area contributed by atoms with Crippen molar-refractivity contribution in [3.05, 3.63) is 54.1 Å². The molecule has 1 heterocycles. The molecule has 1 amide bonds. The predicted octanol–water partition coefficient (Wildman–Crippen LogP) is 3.46. The molecule has 5 nitrogen and oxygen atoms in total. The molecule has 0 bridgehead atoms. The van der Waals surface area contributed by atoms with Crippen LogP contribution >= 0.6 is 11.3 Å². The van der Waals surface area contributed by atoms with Crippen molar-refractivity contribution in [1.82, 2.24) is 4.98 Å². The minimum atomic E-state index is -0.216. The molecular formula is C17H16N2O3S. The first-order chi connectivity index (χ1) is 11.2. The summed E-state index contributed by atoms with van der Waals surface area (Å²) in [7, 11) is 1.62. The van der Waals surface area contributed by atoms with E-state index in [-0.39, 0.29) is 12.5 Å². The summed E-state index contributed by atoms with van der Waals surface area (Å²) in [6, 6.07) is 15.3. The van der Waals surface area contributed by atoms with Crippen LogP contribution in [-0.4, -0.2) is 24.6 Å². The molecule has 0 saturated heterocycles. The summed E-state index contributed by atoms with van der Waals surface area (Å²) in [5, 5.41) is 3.31. The van der Waals surface area contributed by atoms with E-state index in [0.29, 0.717) is 11.7 Å². The Morgan fingerprint density at radius 3 is 2.83 bits per heavy atom. The molecule has 0 unspecified atom stereocenters. The molecule has 0 fully saturated rings. The van der Waals surface area contributed by atoms with E-state index >= 15 is 0 Å². The third-order valence-corrected chi connectivity index (χ3v) is 4.12. The van der Waals surface area contributed by atoms with Gasteiger partial charge in [0.25, 0.3) is 5.91 Å². The number of benzene rings is 2. The number of nitrogens with one attached hydrogen (secondary N) is 1. The third kappa shape index (κ3) is 4.06. The molecule has 118 valence electrons. The van der Waals surface area contributed by atoms with Crippen molar-refractivity contribution >= 4 is 32.6 Å². The lowest BCUT2D eigenvalue weighted by Gasteiger charge is -2.04. The number of anilines is 1. The van der Waals surface area contributed by atoms with Gasteiger partial charge in [-0.2, -0.15) is 0 Å². The predicted molar refractivity (Wildman–Crippen MR) is 90.9 cm³/mol. The van der Waals surface area contributed by atoms with E-state index in [1.807, 2.05) is 48.5 Å². The van der Waals surface area contributed by atoms with Gasteiger partial charge in [-0.1, -0.05) is 41.7 Å². The average Bonchev–Trinajstić information content (AvgIpc) is 2.96. The quantitative estimate of drug-likeness (QED) is 0.753. The zero-order valence-electron chi connectivity index (χ0n) is 12.6. The first-order valence-electron chi connectivity index (χ1n) is 7.11. The first-order valence-corrected chi connectivity index (χ1v) is 7.92. The first kappa shape index (κ1) is 15.5. The molecule has 1 N–H and O–H groups in total. The van der Waals surface area contributed by atoms with Crippen molar-refractivity contribution in [3.8, 4) is 5.75 Å². The fraction of sp³-hybridized carbons (Fsp3) is 0.176. The van der Waals surface area contributed by atoms with E-state index in [9.17, 15) is 4.79 Å². The van der Waals surface area contributed by atoms with E-state index in [2.05, 4.69) is 10.3 Å². The summed E-state index contributed by atoms with van der Waals surface area (Å²) in [6.45, 7) is 0.402. The maximum atomic E-state index is 11.9. The van der Waals surface area contributed by atoms with Crippen molar-refractivity contribution in [2.45, 2.75) is 6.61 Å². The van der Waals surface area contributed by atoms with E-state index in [4.69, 9.17) is 9.47 Å². The Balaban J connectivity index is 1.55. The van der Waals surface area contributed by atoms with Crippen LogP contribution in [0.2, 0.25) is 0 Å². The second kappa shape index (κ2) is 7.21. The molecule has 0 radical (unpaired) electrons. The Bertz CT molecular complexity index is 802. The number of rotatable bonds is 6. The molecule has 3 rings (SSSR count). The second-order valence-corrected chi connectivity index (χ2v) is 5.91. The molecule has 2 aromatic carbocycles. The highest BCUT2D eigenvalue weighted by molar-refractivity contribution is 7.22. The fourth-order valence-corrected chi connectivity index (χ4v) is 2.99. The van der Waals surface area contributed by atoms with Crippen molar-refractivity contribution < 1.29 is 14.3 Å². The lowest BCUT2D eigenvalue weighted by Crippen LogP contribution is -2.18. The Morgan fingerprint density at radius 1 is 1.22 bits per heavy atom. The molecular weight excluding hydrogens is 312 g/mol. The van der Waals surface area contributed by atoms with Gasteiger partial charge in [0, 0.05) is 0 Å². The van der Waals surface area contributed by atoms with Crippen molar-refractivity contribution in [3.63, 3.8) is 0 Å². The molecule has 0 spiro atoms. The van der Waals surface area contributed by atoms with Gasteiger partial charge < -0.3 is 9.47 Å². The van der Waals surface area contributed by atoms with Gasteiger partial charge in [-0.3, -0.25) is 10.1 Å². The Morgan fingerprint density at radius 2 is 2.04 bits per heavy atom. The van der Waals surface area contributed by atoms with Gasteiger partial charge in [0.1, 0.15) is 12.4 Å². The Hall–Kier alpha value is -2.44. The second-order valence-electron chi connectivity index (χ2n) is 4.88. The molecule has 0 saturated carbocycles. The van der Waals surface area contributed by atoms with Crippen LogP contribution < -0.4 is 10.1 Å². The van der Waals surface area contributed by atoms with E-state index in [1.54, 1.807) is 7.11 Å². The van der Waals surface area contributed by atoms with Gasteiger partial charge in [-0.25, -0.2) is 4.98 Å². The third-order valence-electron chi connectivity index (χ3n) is 3.19. The van der Waals surface area contributed by atoms with E-state index in [1.165, 1.54) is 11.3 Å². The summed E-state index contributed by atoms with van der Waals surface area (Å²) in [4.78, 5) is 16.3. The van der Waals surface area contributed by atoms with Crippen LogP contribution in [-0.2, 0) is 16.1 Å². The molecule has 3 aromatic rings. The van der Waals surface area contributed by atoms with Gasteiger partial charge in [0.15, 0.2) is 5.13 Å². The van der Waals surface area contributed by atoms with Crippen molar-refractivity contribution in [2.24, 2.45) is 0 Å². The number of carbonyl (C=O) groups excluding carboxylic acids is 1. The summed E-state index contributed by atoms with van der Waals surface area (Å²) >= 11 is 1.41. The molecule has 0 aliphatic heterocycles. The maximum absolute atomic E-state index is 11.9. The highest BCUT2D eigenvalue weighted by Gasteiger charge is 2.09.